The Kier molecular flexibility index (Phi) is 29.7. The van der Waals surface area contributed by atoms with Crippen LogP contribution in [0.3, 0.4) is 0 Å². The molecule has 0 radical (unpaired) electrons. The summed E-state index contributed by atoms with van der Waals surface area (Å²) < 4.78 is 0. The zero-order valence-electron chi connectivity index (χ0n) is 43.0. The normalized spacial score (nSPS) is 14.7. The third-order valence-electron chi connectivity index (χ3n) is 11.1. The van der Waals surface area contributed by atoms with E-state index in [2.05, 4.69) is 16.0 Å². The van der Waals surface area contributed by atoms with Gasteiger partial charge in [-0.25, -0.2) is 4.79 Å². The number of carboxylic acids is 5. The summed E-state index contributed by atoms with van der Waals surface area (Å²) in [6.45, 7) is 0.931. The highest BCUT2D eigenvalue weighted by Gasteiger charge is 2.36. The molecule has 0 heterocycles. The van der Waals surface area contributed by atoms with Gasteiger partial charge in [-0.3, -0.25) is 62.3 Å². The molecule has 9 amide bonds. The third kappa shape index (κ3) is 25.9. The molecular formula is C46H68N10O23. The summed E-state index contributed by atoms with van der Waals surface area (Å²) in [5.41, 5.74) is 6.48. The fourth-order valence-corrected chi connectivity index (χ4v) is 6.85. The first kappa shape index (κ1) is 68.5. The number of nitrogens with one attached hydrogen (secondary N) is 9. The van der Waals surface area contributed by atoms with E-state index in [1.165, 1.54) is 31.2 Å². The number of carbonyl (C=O) groups is 14. The molecule has 79 heavy (non-hydrogen) atoms. The quantitative estimate of drug-likeness (QED) is 0.0294. The van der Waals surface area contributed by atoms with Crippen LogP contribution in [-0.2, 0) is 73.5 Å². The Hall–Kier alpha value is -8.56. The SMILES string of the molecule is CC(C)C[C@H](N)C(=O)N[C@@H](Cc1ccc(O)cc1)C(=O)N[C@@H](C)C(=O)N[C@@H](CCC(=O)O)C(=O)N[C@@H](CO)C(=O)N[C@@H](CO)C(=O)N[C@@H](CO)C(=O)N[C@@H](CC(=O)O)C(=O)N[C@@H](CCC(=O)O)C(=O)N[C@@H](CCC(=O)O)C(=O)O. The van der Waals surface area contributed by atoms with Crippen LogP contribution in [0.25, 0.3) is 0 Å². The Morgan fingerprint density at radius 1 is 0.418 bits per heavy atom. The number of aromatic hydroxyl groups is 1. The van der Waals surface area contributed by atoms with Crippen LogP contribution in [0.15, 0.2) is 24.3 Å². The number of amides is 9. The summed E-state index contributed by atoms with van der Waals surface area (Å²) >= 11 is 0. The largest absolute Gasteiger partial charge is 0.508 e. The summed E-state index contributed by atoms with van der Waals surface area (Å²) in [7, 11) is 0. The van der Waals surface area contributed by atoms with Crippen molar-refractivity contribution < 1.29 is 113 Å². The number of phenols is 1. The number of phenolic OH excluding ortho intramolecular Hbond substituents is 1. The van der Waals surface area contributed by atoms with Gasteiger partial charge in [0.25, 0.3) is 0 Å². The van der Waals surface area contributed by atoms with Gasteiger partial charge in [-0.05, 0) is 56.2 Å². The zero-order valence-corrected chi connectivity index (χ0v) is 43.0. The topological polar surface area (TPSA) is 555 Å². The summed E-state index contributed by atoms with van der Waals surface area (Å²) in [5.74, 6) is -19.2. The number of aliphatic hydroxyl groups is 3. The van der Waals surface area contributed by atoms with Crippen molar-refractivity contribution in [1.29, 1.82) is 0 Å². The van der Waals surface area contributed by atoms with E-state index in [9.17, 15) is 103 Å². The van der Waals surface area contributed by atoms with Crippen LogP contribution in [0.1, 0.15) is 77.7 Å². The molecule has 33 nitrogen and oxygen atoms in total. The number of carbonyl (C=O) groups excluding carboxylic acids is 9. The fourth-order valence-electron chi connectivity index (χ4n) is 6.85. The van der Waals surface area contributed by atoms with Crippen molar-refractivity contribution in [3.63, 3.8) is 0 Å². The van der Waals surface area contributed by atoms with Gasteiger partial charge in [-0.1, -0.05) is 26.0 Å². The second-order valence-corrected chi connectivity index (χ2v) is 18.1. The van der Waals surface area contributed by atoms with Crippen LogP contribution < -0.4 is 53.6 Å². The van der Waals surface area contributed by atoms with E-state index in [4.69, 9.17) is 15.9 Å². The Balaban J connectivity index is 3.22. The summed E-state index contributed by atoms with van der Waals surface area (Å²) in [6.07, 6.45) is -5.56. The first-order valence-electron chi connectivity index (χ1n) is 24.1. The van der Waals surface area contributed by atoms with Crippen molar-refractivity contribution in [3.05, 3.63) is 29.8 Å². The number of aliphatic carboxylic acids is 5. The number of nitrogens with two attached hydrogens (primary N) is 1. The van der Waals surface area contributed by atoms with Crippen LogP contribution in [-0.4, -0.2) is 209 Å². The third-order valence-corrected chi connectivity index (χ3v) is 11.1. The average molecular weight is 1130 g/mol. The first-order chi connectivity index (χ1) is 36.9. The van der Waals surface area contributed by atoms with E-state index >= 15 is 0 Å². The lowest BCUT2D eigenvalue weighted by Gasteiger charge is -2.26. The minimum atomic E-state index is -2.18. The molecule has 0 aromatic heterocycles. The molecule has 33 heteroatoms. The standard InChI is InChI=1S/C46H68N10O23/c1-20(2)14-24(47)38(70)52-28(15-22-4-6-23(60)7-5-22)41(73)48-21(3)37(69)49-25(8-11-33(61)62)40(72)54-31(18-58)44(76)56-32(19-59)45(77)55-30(17-57)43(75)53-29(16-36(67)68)42(74)50-26(9-12-34(63)64)39(71)51-27(46(78)79)10-13-35(65)66/h4-7,20-21,24-32,57-60H,8-19,47H2,1-3H3,(H,48,73)(H,49,69)(H,50,74)(H,51,71)(H,52,70)(H,53,75)(H,54,72)(H,55,77)(H,56,76)(H,61,62)(H,63,64)(H,65,66)(H,67,68)(H,78,79)/t21-,24-,25-,26-,27-,28-,29-,30-,31-,32-/m0/s1. The molecule has 0 bridgehead atoms. The predicted molar refractivity (Wildman–Crippen MR) is 264 cm³/mol. The molecule has 1 rings (SSSR count). The number of aliphatic hydroxyl groups excluding tert-OH is 3. The van der Waals surface area contributed by atoms with Gasteiger partial charge >= 0.3 is 29.8 Å². The van der Waals surface area contributed by atoms with Gasteiger partial charge in [-0.2, -0.15) is 0 Å². The highest BCUT2D eigenvalue weighted by Crippen LogP contribution is 2.13. The molecule has 0 fully saturated rings. The maximum absolute atomic E-state index is 13.5. The molecule has 440 valence electrons. The molecule has 1 aromatic rings. The lowest BCUT2D eigenvalue weighted by Crippen LogP contribution is -2.62. The Labute approximate surface area is 449 Å². The Morgan fingerprint density at radius 2 is 0.747 bits per heavy atom. The second-order valence-electron chi connectivity index (χ2n) is 18.1. The number of hydrogen-bond acceptors (Lipinski definition) is 19. The molecule has 1 aromatic carbocycles. The molecule has 0 spiro atoms. The second kappa shape index (κ2) is 34.3. The predicted octanol–water partition coefficient (Wildman–Crippen LogP) is -7.18. The number of rotatable bonds is 37. The molecule has 0 unspecified atom stereocenters. The van der Waals surface area contributed by atoms with Crippen LogP contribution in [0.5, 0.6) is 5.75 Å². The van der Waals surface area contributed by atoms with E-state index in [1.807, 2.05) is 45.7 Å². The van der Waals surface area contributed by atoms with Crippen molar-refractivity contribution >= 4 is 83.0 Å². The number of carboxylic acid groups (broad SMARTS) is 5. The van der Waals surface area contributed by atoms with Crippen LogP contribution in [0.2, 0.25) is 0 Å². The Morgan fingerprint density at radius 3 is 1.13 bits per heavy atom. The van der Waals surface area contributed by atoms with Gasteiger partial charge in [0.2, 0.25) is 53.2 Å². The average Bonchev–Trinajstić information content (AvgIpc) is 3.36. The minimum absolute atomic E-state index is 0.00304. The summed E-state index contributed by atoms with van der Waals surface area (Å²) in [5, 5.41) is 105. The van der Waals surface area contributed by atoms with E-state index in [0.29, 0.717) is 5.56 Å². The molecule has 0 aliphatic heterocycles. The molecule has 10 atom stereocenters. The monoisotopic (exact) mass is 1130 g/mol. The van der Waals surface area contributed by atoms with E-state index in [1.54, 1.807) is 0 Å². The fraction of sp³-hybridized carbons (Fsp3) is 0.565. The maximum atomic E-state index is 13.5. The molecule has 20 N–H and O–H groups in total. The lowest BCUT2D eigenvalue weighted by molar-refractivity contribution is -0.145. The zero-order chi connectivity index (χ0) is 60.3. The van der Waals surface area contributed by atoms with Gasteiger partial charge in [0, 0.05) is 25.7 Å². The van der Waals surface area contributed by atoms with Crippen molar-refractivity contribution in [2.75, 3.05) is 19.8 Å². The summed E-state index contributed by atoms with van der Waals surface area (Å²) in [6, 6.07) is -12.3. The van der Waals surface area contributed by atoms with Crippen molar-refractivity contribution in [1.82, 2.24) is 47.9 Å². The van der Waals surface area contributed by atoms with Crippen LogP contribution in [0, 0.1) is 5.92 Å². The van der Waals surface area contributed by atoms with E-state index in [-0.39, 0.29) is 24.5 Å². The van der Waals surface area contributed by atoms with E-state index in [0.717, 1.165) is 0 Å². The van der Waals surface area contributed by atoms with Crippen LogP contribution in [0.4, 0.5) is 0 Å². The lowest BCUT2D eigenvalue weighted by atomic mass is 10.0. The van der Waals surface area contributed by atoms with Crippen molar-refractivity contribution in [3.8, 4) is 5.75 Å². The number of benzene rings is 1. The molecular weight excluding hydrogens is 1060 g/mol. The van der Waals surface area contributed by atoms with Gasteiger partial charge in [0.05, 0.1) is 32.3 Å². The van der Waals surface area contributed by atoms with Crippen molar-refractivity contribution in [2.24, 2.45) is 11.7 Å². The molecule has 0 aliphatic carbocycles. The highest BCUT2D eigenvalue weighted by molar-refractivity contribution is 5.99. The molecule has 0 saturated heterocycles. The van der Waals surface area contributed by atoms with Gasteiger partial charge in [-0.15, -0.1) is 0 Å². The number of hydrogen-bond donors (Lipinski definition) is 19. The van der Waals surface area contributed by atoms with Gasteiger partial charge in [0.15, 0.2) is 0 Å². The van der Waals surface area contributed by atoms with Crippen molar-refractivity contribution in [2.45, 2.75) is 139 Å². The van der Waals surface area contributed by atoms with Gasteiger partial charge in [0.1, 0.15) is 60.1 Å². The smallest absolute Gasteiger partial charge is 0.326 e. The van der Waals surface area contributed by atoms with Gasteiger partial charge < -0.3 is 99.5 Å². The highest BCUT2D eigenvalue weighted by atomic mass is 16.4. The first-order valence-corrected chi connectivity index (χ1v) is 24.1. The van der Waals surface area contributed by atoms with Crippen LogP contribution >= 0.6 is 0 Å². The summed E-state index contributed by atoms with van der Waals surface area (Å²) in [4.78, 5) is 177. The minimum Gasteiger partial charge on any atom is -0.508 e. The Bertz CT molecular complexity index is 2350. The maximum Gasteiger partial charge on any atom is 0.326 e. The molecule has 0 aliphatic rings. The molecule has 0 saturated carbocycles. The van der Waals surface area contributed by atoms with E-state index < -0.39 is 208 Å².